The summed E-state index contributed by atoms with van der Waals surface area (Å²) in [6, 6.07) is 0. The third-order valence-corrected chi connectivity index (χ3v) is 4.15. The van der Waals surface area contributed by atoms with Crippen LogP contribution in [0.5, 0.6) is 0 Å². The average molecular weight is 189 g/mol. The van der Waals surface area contributed by atoms with Crippen LogP contribution in [0.15, 0.2) is 16.8 Å². The third kappa shape index (κ3) is 2.17. The predicted molar refractivity (Wildman–Crippen MR) is 52.7 cm³/mol. The van der Waals surface area contributed by atoms with Crippen LogP contribution < -0.4 is 0 Å². The first-order valence-electron chi connectivity index (χ1n) is 3.35. The van der Waals surface area contributed by atoms with E-state index in [1.165, 1.54) is 6.21 Å². The highest BCUT2D eigenvalue weighted by atomic mass is 32.2. The van der Waals surface area contributed by atoms with E-state index in [9.17, 15) is 0 Å². The lowest BCUT2D eigenvalue weighted by atomic mass is 10.3. The van der Waals surface area contributed by atoms with Gasteiger partial charge in [-0.05, 0) is 18.8 Å². The Bertz CT molecular complexity index is 191. The van der Waals surface area contributed by atoms with Gasteiger partial charge in [-0.3, -0.25) is 0 Å². The minimum absolute atomic E-state index is 0.445. The minimum Gasteiger partial charge on any atom is -0.411 e. The molecular weight excluding hydrogens is 178 g/mol. The normalized spacial score (nSPS) is 31.3. The molecule has 0 saturated carbocycles. The molecule has 2 unspecified atom stereocenters. The summed E-state index contributed by atoms with van der Waals surface area (Å²) in [5.41, 5.74) is 1.12. The SMILES string of the molecule is CSC1SC(C)C=C1/C=N/O. The van der Waals surface area contributed by atoms with Crippen molar-refractivity contribution in [2.45, 2.75) is 16.8 Å². The summed E-state index contributed by atoms with van der Waals surface area (Å²) in [4.78, 5) is 0. The van der Waals surface area contributed by atoms with Crippen LogP contribution in [0, 0.1) is 0 Å². The van der Waals surface area contributed by atoms with Gasteiger partial charge in [0.15, 0.2) is 0 Å². The number of nitrogens with zero attached hydrogens (tertiary/aromatic N) is 1. The Balaban J connectivity index is 2.65. The monoisotopic (exact) mass is 189 g/mol. The molecule has 1 aliphatic rings. The highest BCUT2D eigenvalue weighted by Gasteiger charge is 2.22. The fourth-order valence-electron chi connectivity index (χ4n) is 1.02. The molecule has 62 valence electrons. The van der Waals surface area contributed by atoms with E-state index in [1.54, 1.807) is 11.8 Å². The van der Waals surface area contributed by atoms with E-state index >= 15 is 0 Å². The lowest BCUT2D eigenvalue weighted by Gasteiger charge is -2.06. The van der Waals surface area contributed by atoms with Gasteiger partial charge in [-0.1, -0.05) is 11.2 Å². The zero-order valence-corrected chi connectivity index (χ0v) is 8.15. The molecule has 2 atom stereocenters. The Kier molecular flexibility index (Phi) is 3.33. The summed E-state index contributed by atoms with van der Waals surface area (Å²) in [5.74, 6) is 0. The summed E-state index contributed by atoms with van der Waals surface area (Å²) in [5, 5.41) is 11.9. The lowest BCUT2D eigenvalue weighted by molar-refractivity contribution is 0.321. The largest absolute Gasteiger partial charge is 0.411 e. The Labute approximate surface area is 75.1 Å². The van der Waals surface area contributed by atoms with Crippen LogP contribution in [0.25, 0.3) is 0 Å². The predicted octanol–water partition coefficient (Wildman–Crippen LogP) is 2.20. The summed E-state index contributed by atoms with van der Waals surface area (Å²) < 4.78 is 0.445. The smallest absolute Gasteiger partial charge is 0.0767 e. The maximum absolute atomic E-state index is 8.34. The van der Waals surface area contributed by atoms with Crippen molar-refractivity contribution in [3.05, 3.63) is 11.6 Å². The van der Waals surface area contributed by atoms with E-state index in [-0.39, 0.29) is 0 Å². The number of hydrogen-bond donors (Lipinski definition) is 1. The fourth-order valence-corrected chi connectivity index (χ4v) is 3.33. The van der Waals surface area contributed by atoms with Crippen molar-refractivity contribution in [1.29, 1.82) is 0 Å². The van der Waals surface area contributed by atoms with Gasteiger partial charge in [-0.25, -0.2) is 0 Å². The maximum atomic E-state index is 8.34. The van der Waals surface area contributed by atoms with E-state index < -0.39 is 0 Å². The van der Waals surface area contributed by atoms with Crippen molar-refractivity contribution in [2.75, 3.05) is 6.26 Å². The Morgan fingerprint density at radius 3 is 3.09 bits per heavy atom. The van der Waals surface area contributed by atoms with Crippen LogP contribution in [0.2, 0.25) is 0 Å². The summed E-state index contributed by atoms with van der Waals surface area (Å²) >= 11 is 3.66. The van der Waals surface area contributed by atoms with Crippen LogP contribution >= 0.6 is 23.5 Å². The van der Waals surface area contributed by atoms with Crippen molar-refractivity contribution in [2.24, 2.45) is 5.16 Å². The molecule has 0 aromatic heterocycles. The number of hydrogen-bond acceptors (Lipinski definition) is 4. The molecular formula is C7H11NOS2. The Hall–Kier alpha value is -0.0900. The average Bonchev–Trinajstić information content (AvgIpc) is 2.32. The van der Waals surface area contributed by atoms with Gasteiger partial charge in [-0.15, -0.1) is 23.5 Å². The number of thioether (sulfide) groups is 2. The second-order valence-corrected chi connectivity index (χ2v) is 5.05. The van der Waals surface area contributed by atoms with E-state index in [2.05, 4.69) is 24.4 Å². The quantitative estimate of drug-likeness (QED) is 0.410. The molecule has 1 rings (SSSR count). The van der Waals surface area contributed by atoms with Crippen molar-refractivity contribution < 1.29 is 5.21 Å². The van der Waals surface area contributed by atoms with E-state index in [1.807, 2.05) is 11.8 Å². The molecule has 0 aliphatic carbocycles. The maximum Gasteiger partial charge on any atom is 0.0767 e. The first-order valence-corrected chi connectivity index (χ1v) is 5.58. The number of rotatable bonds is 2. The molecule has 0 amide bonds. The van der Waals surface area contributed by atoms with Crippen LogP contribution in [-0.4, -0.2) is 27.5 Å². The van der Waals surface area contributed by atoms with Crippen LogP contribution in [0.1, 0.15) is 6.92 Å². The zero-order valence-electron chi connectivity index (χ0n) is 6.52. The standard InChI is InChI=1S/C7H11NOS2/c1-5-3-6(4-8-9)7(10-2)11-5/h3-5,7,9H,1-2H3/b8-4+. The molecule has 1 heterocycles. The molecule has 0 aromatic rings. The van der Waals surface area contributed by atoms with Gasteiger partial charge in [0.25, 0.3) is 0 Å². The molecule has 11 heavy (non-hydrogen) atoms. The highest BCUT2D eigenvalue weighted by Crippen LogP contribution is 2.37. The summed E-state index contributed by atoms with van der Waals surface area (Å²) in [6.45, 7) is 2.14. The van der Waals surface area contributed by atoms with E-state index in [4.69, 9.17) is 5.21 Å². The molecule has 0 spiro atoms. The molecule has 1 aliphatic heterocycles. The second-order valence-electron chi connectivity index (χ2n) is 2.32. The van der Waals surface area contributed by atoms with Crippen LogP contribution in [-0.2, 0) is 0 Å². The van der Waals surface area contributed by atoms with E-state index in [0.717, 1.165) is 5.57 Å². The first kappa shape index (κ1) is 9.00. The summed E-state index contributed by atoms with van der Waals surface area (Å²) in [6.07, 6.45) is 5.72. The van der Waals surface area contributed by atoms with Gasteiger partial charge in [0, 0.05) is 5.25 Å². The fraction of sp³-hybridized carbons (Fsp3) is 0.571. The van der Waals surface area contributed by atoms with Gasteiger partial charge in [0.2, 0.25) is 0 Å². The molecule has 0 fully saturated rings. The van der Waals surface area contributed by atoms with Gasteiger partial charge < -0.3 is 5.21 Å². The zero-order chi connectivity index (χ0) is 8.27. The Morgan fingerprint density at radius 2 is 2.55 bits per heavy atom. The van der Waals surface area contributed by atoms with Crippen molar-refractivity contribution in [3.63, 3.8) is 0 Å². The van der Waals surface area contributed by atoms with Gasteiger partial charge >= 0.3 is 0 Å². The van der Waals surface area contributed by atoms with Crippen LogP contribution in [0.4, 0.5) is 0 Å². The molecule has 0 radical (unpaired) electrons. The third-order valence-electron chi connectivity index (χ3n) is 1.46. The van der Waals surface area contributed by atoms with E-state index in [0.29, 0.717) is 9.83 Å². The second kappa shape index (κ2) is 4.07. The van der Waals surface area contributed by atoms with Gasteiger partial charge in [0.05, 0.1) is 10.8 Å². The minimum atomic E-state index is 0.445. The molecule has 2 nitrogen and oxygen atoms in total. The van der Waals surface area contributed by atoms with Crippen molar-refractivity contribution in [1.82, 2.24) is 0 Å². The van der Waals surface area contributed by atoms with Gasteiger partial charge in [-0.2, -0.15) is 0 Å². The van der Waals surface area contributed by atoms with Crippen LogP contribution in [0.3, 0.4) is 0 Å². The molecule has 4 heteroatoms. The molecule has 0 saturated heterocycles. The molecule has 0 bridgehead atoms. The topological polar surface area (TPSA) is 32.6 Å². The lowest BCUT2D eigenvalue weighted by Crippen LogP contribution is -1.97. The number of oxime groups is 1. The van der Waals surface area contributed by atoms with Crippen molar-refractivity contribution in [3.8, 4) is 0 Å². The first-order chi connectivity index (χ1) is 5.27. The van der Waals surface area contributed by atoms with Gasteiger partial charge in [0.1, 0.15) is 0 Å². The summed E-state index contributed by atoms with van der Waals surface area (Å²) in [7, 11) is 0. The highest BCUT2D eigenvalue weighted by molar-refractivity contribution is 8.17. The molecule has 0 aromatic carbocycles. The Morgan fingerprint density at radius 1 is 1.82 bits per heavy atom. The molecule has 1 N–H and O–H groups in total. The van der Waals surface area contributed by atoms with Crippen molar-refractivity contribution >= 4 is 29.7 Å².